The smallest absolute Gasteiger partial charge is 0.388 e. The lowest BCUT2D eigenvalue weighted by Crippen LogP contribution is -2.27. The van der Waals surface area contributed by atoms with E-state index in [-0.39, 0.29) is 13.2 Å². The van der Waals surface area contributed by atoms with Gasteiger partial charge < -0.3 is 29.3 Å². The maximum atomic E-state index is 12.6. The average Bonchev–Trinajstić information content (AvgIpc) is 3.13. The Balaban J connectivity index is 4.69. The topological polar surface area (TPSA) is 161 Å². The molecular formula is C46H96O11P2. The minimum Gasteiger partial charge on any atom is -0.388 e. The summed E-state index contributed by atoms with van der Waals surface area (Å²) in [5.41, 5.74) is 0. The molecule has 4 N–H and O–H groups in total. The fourth-order valence-electron chi connectivity index (χ4n) is 7.58. The van der Waals surface area contributed by atoms with E-state index in [4.69, 9.17) is 28.3 Å². The molecule has 59 heavy (non-hydrogen) atoms. The van der Waals surface area contributed by atoms with E-state index in [0.717, 1.165) is 61.2 Å². The summed E-state index contributed by atoms with van der Waals surface area (Å²) in [6, 6.07) is 0. The van der Waals surface area contributed by atoms with Crippen molar-refractivity contribution < 1.29 is 52.0 Å². The van der Waals surface area contributed by atoms with Gasteiger partial charge in [0.1, 0.15) is 12.2 Å². The van der Waals surface area contributed by atoms with Crippen LogP contribution in [0.15, 0.2) is 0 Å². The van der Waals surface area contributed by atoms with E-state index in [1.165, 1.54) is 103 Å². The van der Waals surface area contributed by atoms with Crippen LogP contribution in [0.2, 0.25) is 0 Å². The number of aliphatic hydroxyl groups is 1. The summed E-state index contributed by atoms with van der Waals surface area (Å²) in [7, 11) is -9.41. The number of hydrogen-bond donors (Lipinski definition) is 4. The Hall–Kier alpha value is 0.1000. The molecule has 0 rings (SSSR count). The predicted octanol–water partition coefficient (Wildman–Crippen LogP) is 12.9. The van der Waals surface area contributed by atoms with Crippen LogP contribution in [0.3, 0.4) is 0 Å². The highest BCUT2D eigenvalue weighted by molar-refractivity contribution is 7.47. The highest BCUT2D eigenvalue weighted by atomic mass is 31.2. The molecule has 0 aliphatic carbocycles. The van der Waals surface area contributed by atoms with E-state index in [1.807, 2.05) is 0 Å². The Morgan fingerprint density at radius 1 is 0.407 bits per heavy atom. The number of ether oxygens (including phenoxy) is 2. The second-order valence-electron chi connectivity index (χ2n) is 19.6. The van der Waals surface area contributed by atoms with Crippen molar-refractivity contribution in [2.45, 2.75) is 210 Å². The third-order valence-electron chi connectivity index (χ3n) is 11.8. The van der Waals surface area contributed by atoms with Gasteiger partial charge in [-0.3, -0.25) is 13.6 Å². The van der Waals surface area contributed by atoms with Crippen molar-refractivity contribution >= 4 is 15.6 Å². The van der Waals surface area contributed by atoms with Gasteiger partial charge in [-0.1, -0.05) is 185 Å². The first kappa shape index (κ1) is 59.1. The first-order valence-corrected chi connectivity index (χ1v) is 26.9. The van der Waals surface area contributed by atoms with Crippen LogP contribution < -0.4 is 0 Å². The molecule has 9 unspecified atom stereocenters. The van der Waals surface area contributed by atoms with Gasteiger partial charge in [0, 0.05) is 13.2 Å². The molecule has 0 aromatic rings. The van der Waals surface area contributed by atoms with Gasteiger partial charge in [-0.2, -0.15) is 0 Å². The van der Waals surface area contributed by atoms with Crippen LogP contribution >= 0.6 is 15.6 Å². The molecule has 13 heteroatoms. The van der Waals surface area contributed by atoms with Crippen molar-refractivity contribution in [3.63, 3.8) is 0 Å². The SMILES string of the molecule is CC(C)CCCC(C)CCCC(C)CCCC(C)CCOCC(COP(=O)(O)OCC(O)COP(=O)(O)O)OCCC(C)CCCC(C)CCCC(C)CCCC(C)C. The van der Waals surface area contributed by atoms with Crippen LogP contribution in [0, 0.1) is 47.3 Å². The summed E-state index contributed by atoms with van der Waals surface area (Å²) in [6.45, 7) is 22.8. The van der Waals surface area contributed by atoms with Crippen molar-refractivity contribution in [2.75, 3.05) is 39.6 Å². The minimum atomic E-state index is -4.80. The normalized spacial score (nSPS) is 17.8. The Kier molecular flexibility index (Phi) is 35.5. The van der Waals surface area contributed by atoms with Gasteiger partial charge in [-0.05, 0) is 60.2 Å². The van der Waals surface area contributed by atoms with Gasteiger partial charge in [0.15, 0.2) is 0 Å². The van der Waals surface area contributed by atoms with E-state index in [2.05, 4.69) is 73.8 Å². The van der Waals surface area contributed by atoms with Crippen LogP contribution in [0.1, 0.15) is 198 Å². The molecule has 356 valence electrons. The van der Waals surface area contributed by atoms with Crippen LogP contribution in [0.4, 0.5) is 0 Å². The summed E-state index contributed by atoms with van der Waals surface area (Å²) in [5.74, 6) is 5.73. The highest BCUT2D eigenvalue weighted by Crippen LogP contribution is 2.44. The van der Waals surface area contributed by atoms with E-state index in [9.17, 15) is 19.1 Å². The third-order valence-corrected chi connectivity index (χ3v) is 13.3. The Labute approximate surface area is 363 Å². The van der Waals surface area contributed by atoms with Gasteiger partial charge in [0.2, 0.25) is 0 Å². The van der Waals surface area contributed by atoms with Gasteiger partial charge in [-0.25, -0.2) is 9.13 Å². The molecule has 0 aromatic heterocycles. The molecule has 0 saturated heterocycles. The molecule has 0 aliphatic rings. The molecule has 0 amide bonds. The molecule has 11 nitrogen and oxygen atoms in total. The van der Waals surface area contributed by atoms with Crippen molar-refractivity contribution in [1.29, 1.82) is 0 Å². The third kappa shape index (κ3) is 40.6. The van der Waals surface area contributed by atoms with Crippen LogP contribution in [-0.2, 0) is 32.2 Å². The molecule has 0 aromatic carbocycles. The largest absolute Gasteiger partial charge is 0.472 e. The van der Waals surface area contributed by atoms with E-state index in [1.54, 1.807) is 0 Å². The van der Waals surface area contributed by atoms with E-state index in [0.29, 0.717) is 25.0 Å². The Morgan fingerprint density at radius 3 is 1.10 bits per heavy atom. The number of rotatable bonds is 42. The molecule has 0 fully saturated rings. The second-order valence-corrected chi connectivity index (χ2v) is 22.3. The van der Waals surface area contributed by atoms with Crippen molar-refractivity contribution in [1.82, 2.24) is 0 Å². The summed E-state index contributed by atoms with van der Waals surface area (Å²) >= 11 is 0. The van der Waals surface area contributed by atoms with E-state index < -0.39 is 41.1 Å². The van der Waals surface area contributed by atoms with E-state index >= 15 is 0 Å². The molecule has 9 atom stereocenters. The number of phosphoric ester groups is 2. The predicted molar refractivity (Wildman–Crippen MR) is 243 cm³/mol. The molecular weight excluding hydrogens is 790 g/mol. The number of hydrogen-bond acceptors (Lipinski definition) is 8. The van der Waals surface area contributed by atoms with Crippen LogP contribution in [0.5, 0.6) is 0 Å². The summed E-state index contributed by atoms with van der Waals surface area (Å²) < 4.78 is 49.9. The number of aliphatic hydroxyl groups excluding tert-OH is 1. The van der Waals surface area contributed by atoms with Gasteiger partial charge in [0.25, 0.3) is 0 Å². The first-order chi connectivity index (χ1) is 27.7. The molecule has 0 saturated carbocycles. The summed E-state index contributed by atoms with van der Waals surface area (Å²) in [6.07, 6.45) is 22.8. The van der Waals surface area contributed by atoms with Crippen molar-refractivity contribution in [3.05, 3.63) is 0 Å². The Morgan fingerprint density at radius 2 is 0.729 bits per heavy atom. The number of phosphoric acid groups is 2. The fraction of sp³-hybridized carbons (Fsp3) is 1.00. The lowest BCUT2D eigenvalue weighted by molar-refractivity contribution is -0.0492. The lowest BCUT2D eigenvalue weighted by Gasteiger charge is -2.22. The maximum absolute atomic E-state index is 12.6. The molecule has 0 radical (unpaired) electrons. The van der Waals surface area contributed by atoms with Gasteiger partial charge in [0.05, 0.1) is 26.4 Å². The maximum Gasteiger partial charge on any atom is 0.472 e. The quantitative estimate of drug-likeness (QED) is 0.0341. The fourth-order valence-corrected chi connectivity index (χ4v) is 8.74. The second kappa shape index (κ2) is 35.4. The average molecular weight is 887 g/mol. The lowest BCUT2D eigenvalue weighted by atomic mass is 9.91. The van der Waals surface area contributed by atoms with Gasteiger partial charge in [-0.15, -0.1) is 0 Å². The summed E-state index contributed by atoms with van der Waals surface area (Å²) in [4.78, 5) is 27.8. The minimum absolute atomic E-state index is 0.195. The molecule has 0 bridgehead atoms. The zero-order chi connectivity index (χ0) is 44.7. The molecule has 0 spiro atoms. The van der Waals surface area contributed by atoms with Crippen LogP contribution in [0.25, 0.3) is 0 Å². The molecule has 0 heterocycles. The summed E-state index contributed by atoms with van der Waals surface area (Å²) in [5, 5.41) is 9.84. The van der Waals surface area contributed by atoms with Gasteiger partial charge >= 0.3 is 15.6 Å². The zero-order valence-electron chi connectivity index (χ0n) is 39.7. The highest BCUT2D eigenvalue weighted by Gasteiger charge is 2.27. The standard InChI is InChI=1S/C46H96O11P2/c1-37(2)17-11-19-39(5)21-13-23-41(7)25-15-27-43(9)29-31-53-35-46(36-57-59(51,52)56-34-45(47)33-55-58(48,49)50)54-32-30-44(10)28-16-26-42(8)24-14-22-40(6)20-12-18-38(3)4/h37-47H,11-36H2,1-10H3,(H,51,52)(H2,48,49,50). The Bertz CT molecular complexity index is 1060. The zero-order valence-corrected chi connectivity index (χ0v) is 41.5. The van der Waals surface area contributed by atoms with Crippen LogP contribution in [-0.4, -0.2) is 71.6 Å². The monoisotopic (exact) mass is 887 g/mol. The van der Waals surface area contributed by atoms with Crippen molar-refractivity contribution in [3.8, 4) is 0 Å². The first-order valence-electron chi connectivity index (χ1n) is 23.9. The van der Waals surface area contributed by atoms with Crippen molar-refractivity contribution in [2.24, 2.45) is 47.3 Å². The molecule has 0 aliphatic heterocycles.